The molecule has 0 bridgehead atoms. The molecule has 0 spiro atoms. The van der Waals surface area contributed by atoms with E-state index in [1.165, 1.54) is 4.90 Å². The molecule has 0 atom stereocenters. The number of allylic oxidation sites excluding steroid dienone is 7. The van der Waals surface area contributed by atoms with Crippen molar-refractivity contribution in [2.24, 2.45) is 5.41 Å². The van der Waals surface area contributed by atoms with Crippen LogP contribution in [0.2, 0.25) is 0 Å². The molecular weight excluding hydrogens is 464 g/mol. The number of hydrogen-bond donors (Lipinski definition) is 0. The molecule has 1 saturated heterocycles. The number of benzene rings is 1. The van der Waals surface area contributed by atoms with Gasteiger partial charge in [0.1, 0.15) is 0 Å². The van der Waals surface area contributed by atoms with Crippen LogP contribution in [0, 0.1) is 5.41 Å². The largest absolute Gasteiger partial charge is 0.269 e. The number of imide groups is 2. The number of hydrogen-bond acceptors (Lipinski definition) is 4. The summed E-state index contributed by atoms with van der Waals surface area (Å²) in [6, 6.07) is 5.05. The Kier molecular flexibility index (Phi) is 7.19. The van der Waals surface area contributed by atoms with Gasteiger partial charge in [-0.2, -0.15) is 0 Å². The number of amides is 4. The maximum Gasteiger partial charge on any atom is 0.265 e. The van der Waals surface area contributed by atoms with Gasteiger partial charge in [-0.25, -0.2) is 4.90 Å². The second-order valence-electron chi connectivity index (χ2n) is 11.5. The minimum absolute atomic E-state index is 0.0307. The van der Waals surface area contributed by atoms with Gasteiger partial charge in [-0.3, -0.25) is 24.1 Å². The van der Waals surface area contributed by atoms with E-state index >= 15 is 0 Å². The highest BCUT2D eigenvalue weighted by molar-refractivity contribution is 6.26. The van der Waals surface area contributed by atoms with Crippen molar-refractivity contribution in [2.75, 3.05) is 0 Å². The molecule has 0 N–H and O–H groups in total. The van der Waals surface area contributed by atoms with Gasteiger partial charge < -0.3 is 0 Å². The highest BCUT2D eigenvalue weighted by Gasteiger charge is 2.42. The van der Waals surface area contributed by atoms with Crippen molar-refractivity contribution in [3.05, 3.63) is 88.2 Å². The van der Waals surface area contributed by atoms with E-state index in [4.69, 9.17) is 0 Å². The van der Waals surface area contributed by atoms with Gasteiger partial charge in [0, 0.05) is 16.8 Å². The van der Waals surface area contributed by atoms with Crippen LogP contribution in [-0.2, 0) is 9.59 Å². The van der Waals surface area contributed by atoms with E-state index in [0.717, 1.165) is 10.5 Å². The van der Waals surface area contributed by atoms with Crippen molar-refractivity contribution < 1.29 is 19.2 Å². The monoisotopic (exact) mass is 500 g/mol. The van der Waals surface area contributed by atoms with Crippen molar-refractivity contribution in [3.8, 4) is 0 Å². The molecule has 2 heterocycles. The van der Waals surface area contributed by atoms with Gasteiger partial charge >= 0.3 is 0 Å². The third kappa shape index (κ3) is 5.06. The van der Waals surface area contributed by atoms with Crippen LogP contribution in [0.1, 0.15) is 88.6 Å². The zero-order chi connectivity index (χ0) is 28.0. The van der Waals surface area contributed by atoms with Crippen LogP contribution in [0.3, 0.4) is 0 Å². The standard InChI is InChI=1S/C31H36N2O4/c1-11-21(22-14-15-23-25(17-22)29(37)33(28(23)36)31(8,9)10)16-24-20(4)26(34)32(27(24)35)19(3)13-12-18(2)30(5,6)7/h11-17H,4H2,1-3,5-10H3/b18-12+,19-13+,21-11+,24-16+. The summed E-state index contributed by atoms with van der Waals surface area (Å²) in [5.41, 5.74) is 3.23. The quantitative estimate of drug-likeness (QED) is 0.279. The second kappa shape index (κ2) is 9.58. The summed E-state index contributed by atoms with van der Waals surface area (Å²) in [6.07, 6.45) is 7.11. The van der Waals surface area contributed by atoms with Crippen molar-refractivity contribution in [1.82, 2.24) is 9.80 Å². The number of carbonyl (C=O) groups is 4. The summed E-state index contributed by atoms with van der Waals surface area (Å²) in [7, 11) is 0. The average molecular weight is 501 g/mol. The Morgan fingerprint density at radius 1 is 0.838 bits per heavy atom. The first-order valence-electron chi connectivity index (χ1n) is 12.4. The Morgan fingerprint density at radius 3 is 1.97 bits per heavy atom. The molecule has 2 aliphatic rings. The van der Waals surface area contributed by atoms with E-state index < -0.39 is 17.4 Å². The summed E-state index contributed by atoms with van der Waals surface area (Å²) in [6.45, 7) is 21.1. The summed E-state index contributed by atoms with van der Waals surface area (Å²) in [4.78, 5) is 54.5. The zero-order valence-corrected chi connectivity index (χ0v) is 23.3. The van der Waals surface area contributed by atoms with E-state index in [0.29, 0.717) is 28.0 Å². The summed E-state index contributed by atoms with van der Waals surface area (Å²) >= 11 is 0. The molecule has 0 aromatic heterocycles. The predicted octanol–water partition coefficient (Wildman–Crippen LogP) is 6.23. The van der Waals surface area contributed by atoms with E-state index in [9.17, 15) is 19.2 Å². The molecule has 2 aliphatic heterocycles. The molecular formula is C31H36N2O4. The highest BCUT2D eigenvalue weighted by Crippen LogP contribution is 2.34. The topological polar surface area (TPSA) is 74.8 Å². The fourth-order valence-electron chi connectivity index (χ4n) is 4.15. The minimum atomic E-state index is -0.650. The van der Waals surface area contributed by atoms with Crippen molar-refractivity contribution in [1.29, 1.82) is 0 Å². The normalized spacial score (nSPS) is 19.1. The van der Waals surface area contributed by atoms with Crippen molar-refractivity contribution in [3.63, 3.8) is 0 Å². The molecule has 6 nitrogen and oxygen atoms in total. The van der Waals surface area contributed by atoms with E-state index in [2.05, 4.69) is 27.4 Å². The van der Waals surface area contributed by atoms with Gasteiger partial charge in [0.05, 0.1) is 16.7 Å². The Bertz CT molecular complexity index is 1350. The van der Waals surface area contributed by atoms with Crippen LogP contribution in [-0.4, -0.2) is 39.0 Å². The van der Waals surface area contributed by atoms with Gasteiger partial charge in [0.25, 0.3) is 23.6 Å². The maximum atomic E-state index is 13.3. The number of rotatable bonds is 4. The molecule has 194 valence electrons. The Morgan fingerprint density at radius 2 is 1.43 bits per heavy atom. The summed E-state index contributed by atoms with van der Waals surface area (Å²) < 4.78 is 0. The van der Waals surface area contributed by atoms with E-state index in [1.807, 2.05) is 33.8 Å². The lowest BCUT2D eigenvalue weighted by Crippen LogP contribution is -2.45. The molecule has 0 aliphatic carbocycles. The number of nitrogens with zero attached hydrogens (tertiary/aromatic N) is 2. The molecule has 3 rings (SSSR count). The molecule has 6 heteroatoms. The fourth-order valence-corrected chi connectivity index (χ4v) is 4.15. The lowest BCUT2D eigenvalue weighted by atomic mass is 9.87. The highest BCUT2D eigenvalue weighted by atomic mass is 16.2. The molecule has 1 aromatic carbocycles. The van der Waals surface area contributed by atoms with Crippen molar-refractivity contribution in [2.45, 2.75) is 67.9 Å². The first kappa shape index (κ1) is 27.8. The van der Waals surface area contributed by atoms with Crippen LogP contribution in [0.15, 0.2) is 71.5 Å². The molecule has 0 radical (unpaired) electrons. The van der Waals surface area contributed by atoms with Crippen molar-refractivity contribution >= 4 is 29.2 Å². The Balaban J connectivity index is 1.98. The van der Waals surface area contributed by atoms with E-state index in [1.54, 1.807) is 50.3 Å². The number of fused-ring (bicyclic) bond motifs is 1. The third-order valence-corrected chi connectivity index (χ3v) is 6.83. The minimum Gasteiger partial charge on any atom is -0.269 e. The fraction of sp³-hybridized carbons (Fsp3) is 0.355. The number of carbonyl (C=O) groups excluding carboxylic acids is 4. The first-order valence-corrected chi connectivity index (χ1v) is 12.4. The van der Waals surface area contributed by atoms with Crippen LogP contribution in [0.25, 0.3) is 5.57 Å². The molecule has 1 aromatic rings. The smallest absolute Gasteiger partial charge is 0.265 e. The number of likely N-dealkylation sites (tertiary alicyclic amines) is 1. The summed E-state index contributed by atoms with van der Waals surface area (Å²) in [5.74, 6) is -1.58. The molecule has 0 saturated carbocycles. The van der Waals surface area contributed by atoms with Crippen LogP contribution >= 0.6 is 0 Å². The van der Waals surface area contributed by atoms with Gasteiger partial charge in [0.15, 0.2) is 0 Å². The maximum absolute atomic E-state index is 13.3. The van der Waals surface area contributed by atoms with Gasteiger partial charge in [-0.15, -0.1) is 0 Å². The van der Waals surface area contributed by atoms with E-state index in [-0.39, 0.29) is 28.4 Å². The van der Waals surface area contributed by atoms with Crippen LogP contribution in [0.4, 0.5) is 0 Å². The third-order valence-electron chi connectivity index (χ3n) is 6.83. The molecule has 1 fully saturated rings. The molecule has 37 heavy (non-hydrogen) atoms. The lowest BCUT2D eigenvalue weighted by molar-refractivity contribution is -0.134. The predicted molar refractivity (Wildman–Crippen MR) is 146 cm³/mol. The van der Waals surface area contributed by atoms with Crippen LogP contribution in [0.5, 0.6) is 0 Å². The Labute approximate surface area is 219 Å². The SMILES string of the molecule is C=C1C(=O)N(/C(C)=C/C=C(\C)C(C)(C)C)C(=O)/C1=C/C(=C\C)c1ccc2c(c1)C(=O)N(C(C)(C)C)C2=O. The zero-order valence-electron chi connectivity index (χ0n) is 23.3. The average Bonchev–Trinajstić information content (AvgIpc) is 3.17. The van der Waals surface area contributed by atoms with Gasteiger partial charge in [0.2, 0.25) is 0 Å². The first-order chi connectivity index (χ1) is 17.0. The molecule has 0 unspecified atom stereocenters. The Hall–Kier alpha value is -3.80. The van der Waals surface area contributed by atoms with Crippen LogP contribution < -0.4 is 0 Å². The summed E-state index contributed by atoms with van der Waals surface area (Å²) in [5, 5.41) is 0. The second-order valence-corrected chi connectivity index (χ2v) is 11.5. The lowest BCUT2D eigenvalue weighted by Gasteiger charge is -2.29. The molecule has 4 amide bonds. The van der Waals surface area contributed by atoms with Gasteiger partial charge in [-0.1, -0.05) is 51.1 Å². The van der Waals surface area contributed by atoms with Gasteiger partial charge in [-0.05, 0) is 82.4 Å².